The first-order valence-corrected chi connectivity index (χ1v) is 8.82. The second kappa shape index (κ2) is 8.93. The van der Waals surface area contributed by atoms with E-state index < -0.39 is 0 Å². The number of benzene rings is 2. The van der Waals surface area contributed by atoms with Crippen molar-refractivity contribution in [3.05, 3.63) is 60.0 Å². The van der Waals surface area contributed by atoms with Crippen LogP contribution in [0.4, 0.5) is 10.2 Å². The topological polar surface area (TPSA) is 65.4 Å². The second-order valence-corrected chi connectivity index (χ2v) is 6.24. The van der Waals surface area contributed by atoms with Gasteiger partial charge in [-0.15, -0.1) is 6.42 Å². The molecule has 0 aliphatic carbocycles. The Labute approximate surface area is 168 Å². The van der Waals surface area contributed by atoms with Gasteiger partial charge in [0.25, 0.3) is 0 Å². The molecule has 0 aliphatic rings. The summed E-state index contributed by atoms with van der Waals surface area (Å²) in [5.41, 5.74) is 2.23. The minimum absolute atomic E-state index is 0.118. The van der Waals surface area contributed by atoms with E-state index in [0.29, 0.717) is 22.9 Å². The standard InChI is InChI=1S/C22H20FN3O3/c1-4-11-29-19-10-7-16(13-20(19)28-3)18-14-24-26(2)22(18)25-21(27)12-15-5-8-17(23)9-6-15/h1,5-10,13-14H,11-12H2,2-3H3,(H,25,27). The van der Waals surface area contributed by atoms with Crippen molar-refractivity contribution in [3.63, 3.8) is 0 Å². The van der Waals surface area contributed by atoms with E-state index in [-0.39, 0.29) is 24.8 Å². The molecule has 0 radical (unpaired) electrons. The summed E-state index contributed by atoms with van der Waals surface area (Å²) in [6.07, 6.45) is 7.01. The number of methoxy groups -OCH3 is 1. The van der Waals surface area contributed by atoms with E-state index in [0.717, 1.165) is 11.1 Å². The molecule has 0 unspecified atom stereocenters. The van der Waals surface area contributed by atoms with Crippen LogP contribution in [-0.4, -0.2) is 29.4 Å². The summed E-state index contributed by atoms with van der Waals surface area (Å²) in [7, 11) is 3.27. The highest BCUT2D eigenvalue weighted by Gasteiger charge is 2.16. The van der Waals surface area contributed by atoms with Gasteiger partial charge < -0.3 is 14.8 Å². The zero-order chi connectivity index (χ0) is 20.8. The summed E-state index contributed by atoms with van der Waals surface area (Å²) in [4.78, 5) is 12.5. The zero-order valence-electron chi connectivity index (χ0n) is 16.1. The molecule has 1 aromatic heterocycles. The van der Waals surface area contributed by atoms with Crippen LogP contribution in [-0.2, 0) is 18.3 Å². The van der Waals surface area contributed by atoms with Crippen molar-refractivity contribution in [3.8, 4) is 35.0 Å². The maximum absolute atomic E-state index is 13.0. The van der Waals surface area contributed by atoms with Crippen LogP contribution in [0, 0.1) is 18.2 Å². The fraction of sp³-hybridized carbons (Fsp3) is 0.182. The summed E-state index contributed by atoms with van der Waals surface area (Å²) < 4.78 is 25.5. The van der Waals surface area contributed by atoms with E-state index in [1.54, 1.807) is 42.2 Å². The number of hydrogen-bond donors (Lipinski definition) is 1. The molecule has 1 amide bonds. The molecule has 2 aromatic carbocycles. The fourth-order valence-electron chi connectivity index (χ4n) is 2.83. The number of rotatable bonds is 7. The Hall–Kier alpha value is -3.79. The molecular weight excluding hydrogens is 373 g/mol. The molecule has 1 heterocycles. The summed E-state index contributed by atoms with van der Waals surface area (Å²) >= 11 is 0. The molecule has 0 fully saturated rings. The highest BCUT2D eigenvalue weighted by Crippen LogP contribution is 2.35. The quantitative estimate of drug-likeness (QED) is 0.625. The predicted octanol–water partition coefficient (Wildman–Crippen LogP) is 3.43. The normalized spacial score (nSPS) is 10.3. The molecular formula is C22H20FN3O3. The van der Waals surface area contributed by atoms with E-state index in [2.05, 4.69) is 16.3 Å². The number of nitrogens with one attached hydrogen (secondary N) is 1. The number of carbonyl (C=O) groups is 1. The van der Waals surface area contributed by atoms with Crippen LogP contribution in [0.1, 0.15) is 5.56 Å². The molecule has 0 saturated carbocycles. The minimum atomic E-state index is -0.341. The number of halogens is 1. The smallest absolute Gasteiger partial charge is 0.229 e. The molecule has 0 spiro atoms. The van der Waals surface area contributed by atoms with E-state index >= 15 is 0 Å². The van der Waals surface area contributed by atoms with Crippen LogP contribution < -0.4 is 14.8 Å². The van der Waals surface area contributed by atoms with Crippen LogP contribution in [0.15, 0.2) is 48.7 Å². The average molecular weight is 393 g/mol. The lowest BCUT2D eigenvalue weighted by atomic mass is 10.1. The first-order chi connectivity index (χ1) is 14.0. The number of aromatic nitrogens is 2. The molecule has 6 nitrogen and oxygen atoms in total. The lowest BCUT2D eigenvalue weighted by molar-refractivity contribution is -0.115. The largest absolute Gasteiger partial charge is 0.493 e. The predicted molar refractivity (Wildman–Crippen MR) is 108 cm³/mol. The molecule has 29 heavy (non-hydrogen) atoms. The van der Waals surface area contributed by atoms with Crippen molar-refractivity contribution in [2.75, 3.05) is 19.0 Å². The van der Waals surface area contributed by atoms with Crippen molar-refractivity contribution >= 4 is 11.7 Å². The van der Waals surface area contributed by atoms with Crippen LogP contribution >= 0.6 is 0 Å². The number of terminal acetylenes is 1. The molecule has 0 bridgehead atoms. The number of hydrogen-bond acceptors (Lipinski definition) is 4. The minimum Gasteiger partial charge on any atom is -0.493 e. The molecule has 0 saturated heterocycles. The van der Waals surface area contributed by atoms with Gasteiger partial charge in [-0.2, -0.15) is 5.10 Å². The maximum atomic E-state index is 13.0. The molecule has 1 N–H and O–H groups in total. The Morgan fingerprint density at radius 2 is 2.00 bits per heavy atom. The number of ether oxygens (including phenoxy) is 2. The molecule has 0 aliphatic heterocycles. The van der Waals surface area contributed by atoms with E-state index in [1.165, 1.54) is 19.2 Å². The lowest BCUT2D eigenvalue weighted by Crippen LogP contribution is -2.17. The number of aryl methyl sites for hydroxylation is 1. The van der Waals surface area contributed by atoms with Gasteiger partial charge in [0.15, 0.2) is 11.5 Å². The lowest BCUT2D eigenvalue weighted by Gasteiger charge is -2.12. The van der Waals surface area contributed by atoms with Gasteiger partial charge >= 0.3 is 0 Å². The summed E-state index contributed by atoms with van der Waals surface area (Å²) in [6, 6.07) is 11.2. The van der Waals surface area contributed by atoms with E-state index in [9.17, 15) is 9.18 Å². The van der Waals surface area contributed by atoms with Crippen LogP contribution in [0.3, 0.4) is 0 Å². The third-order valence-corrected chi connectivity index (χ3v) is 4.26. The molecule has 3 rings (SSSR count). The Morgan fingerprint density at radius 1 is 1.24 bits per heavy atom. The van der Waals surface area contributed by atoms with Gasteiger partial charge in [0.1, 0.15) is 18.2 Å². The van der Waals surface area contributed by atoms with Gasteiger partial charge in [0.2, 0.25) is 5.91 Å². The van der Waals surface area contributed by atoms with Crippen LogP contribution in [0.25, 0.3) is 11.1 Å². The van der Waals surface area contributed by atoms with Gasteiger partial charge in [0, 0.05) is 12.6 Å². The van der Waals surface area contributed by atoms with Crippen LogP contribution in [0.2, 0.25) is 0 Å². The fourth-order valence-corrected chi connectivity index (χ4v) is 2.83. The van der Waals surface area contributed by atoms with Crippen molar-refractivity contribution in [1.29, 1.82) is 0 Å². The monoisotopic (exact) mass is 393 g/mol. The first-order valence-electron chi connectivity index (χ1n) is 8.82. The number of carbonyl (C=O) groups excluding carboxylic acids is 1. The summed E-state index contributed by atoms with van der Waals surface area (Å²) in [5.74, 6) is 3.42. The third kappa shape index (κ3) is 4.74. The van der Waals surface area contributed by atoms with Gasteiger partial charge in [-0.1, -0.05) is 24.1 Å². The SMILES string of the molecule is C#CCOc1ccc(-c2cnn(C)c2NC(=O)Cc2ccc(F)cc2)cc1OC. The number of amides is 1. The Morgan fingerprint density at radius 3 is 2.69 bits per heavy atom. The maximum Gasteiger partial charge on any atom is 0.229 e. The second-order valence-electron chi connectivity index (χ2n) is 6.24. The number of nitrogens with zero attached hydrogens (tertiary/aromatic N) is 2. The van der Waals surface area contributed by atoms with Crippen LogP contribution in [0.5, 0.6) is 11.5 Å². The molecule has 3 aromatic rings. The highest BCUT2D eigenvalue weighted by molar-refractivity contribution is 5.95. The number of anilines is 1. The summed E-state index contributed by atoms with van der Waals surface area (Å²) in [5, 5.41) is 7.12. The molecule has 7 heteroatoms. The molecule has 148 valence electrons. The van der Waals surface area contributed by atoms with E-state index in [4.69, 9.17) is 15.9 Å². The summed E-state index contributed by atoms with van der Waals surface area (Å²) in [6.45, 7) is 0.132. The van der Waals surface area contributed by atoms with Crippen molar-refractivity contribution in [1.82, 2.24) is 9.78 Å². The zero-order valence-corrected chi connectivity index (χ0v) is 16.1. The van der Waals surface area contributed by atoms with Crippen molar-refractivity contribution in [2.45, 2.75) is 6.42 Å². The molecule has 0 atom stereocenters. The Bertz CT molecular complexity index is 1050. The Balaban J connectivity index is 1.83. The highest BCUT2D eigenvalue weighted by atomic mass is 19.1. The van der Waals surface area contributed by atoms with Gasteiger partial charge in [-0.3, -0.25) is 9.48 Å². The van der Waals surface area contributed by atoms with Gasteiger partial charge in [-0.25, -0.2) is 4.39 Å². The first kappa shape index (κ1) is 20.0. The van der Waals surface area contributed by atoms with Crippen molar-refractivity contribution < 1.29 is 18.7 Å². The van der Waals surface area contributed by atoms with Gasteiger partial charge in [-0.05, 0) is 35.4 Å². The Kier molecular flexibility index (Phi) is 6.15. The van der Waals surface area contributed by atoms with Crippen molar-refractivity contribution in [2.24, 2.45) is 7.05 Å². The average Bonchev–Trinajstić information content (AvgIpc) is 3.08. The van der Waals surface area contributed by atoms with E-state index in [1.807, 2.05) is 6.07 Å². The third-order valence-electron chi connectivity index (χ3n) is 4.26. The van der Waals surface area contributed by atoms with Gasteiger partial charge in [0.05, 0.1) is 19.7 Å².